The molecule has 2 unspecified atom stereocenters. The van der Waals surface area contributed by atoms with Crippen molar-refractivity contribution in [1.29, 1.82) is 0 Å². The first kappa shape index (κ1) is 15.5. The minimum atomic E-state index is -0.186. The Kier molecular flexibility index (Phi) is 4.07. The number of nitrogen functional groups attached to an aromatic ring is 1. The number of hydrogen-bond donors (Lipinski definition) is 2. The highest BCUT2D eigenvalue weighted by atomic mass is 19.1. The Morgan fingerprint density at radius 3 is 2.87 bits per heavy atom. The number of halogens is 1. The average Bonchev–Trinajstić information content (AvgIpc) is 2.52. The summed E-state index contributed by atoms with van der Waals surface area (Å²) in [6, 6.07) is 10.2. The largest absolute Gasteiger partial charge is 0.399 e. The molecule has 0 radical (unpaired) electrons. The Morgan fingerprint density at radius 1 is 1.30 bits per heavy atom. The number of hydrogen-bond acceptors (Lipinski definition) is 2. The van der Waals surface area contributed by atoms with Gasteiger partial charge in [0.2, 0.25) is 0 Å². The molecule has 0 bridgehead atoms. The summed E-state index contributed by atoms with van der Waals surface area (Å²) in [5.74, 6) is -0.0906. The quantitative estimate of drug-likeness (QED) is 0.829. The van der Waals surface area contributed by atoms with Gasteiger partial charge >= 0.3 is 0 Å². The van der Waals surface area contributed by atoms with E-state index in [9.17, 15) is 9.18 Å². The molecule has 0 spiro atoms. The van der Waals surface area contributed by atoms with E-state index in [-0.39, 0.29) is 23.7 Å². The van der Waals surface area contributed by atoms with E-state index in [0.29, 0.717) is 17.7 Å². The molecular weight excluding hydrogens is 291 g/mol. The van der Waals surface area contributed by atoms with Gasteiger partial charge in [-0.2, -0.15) is 0 Å². The molecule has 1 aliphatic carbocycles. The third-order valence-electron chi connectivity index (χ3n) is 4.70. The van der Waals surface area contributed by atoms with Gasteiger partial charge in [-0.05, 0) is 60.6 Å². The number of aryl methyl sites for hydroxylation is 1. The lowest BCUT2D eigenvalue weighted by Crippen LogP contribution is -2.36. The Balaban J connectivity index is 1.92. The van der Waals surface area contributed by atoms with Gasteiger partial charge in [0.05, 0.1) is 6.04 Å². The Morgan fingerprint density at radius 2 is 2.09 bits per heavy atom. The molecule has 23 heavy (non-hydrogen) atoms. The summed E-state index contributed by atoms with van der Waals surface area (Å²) in [6.07, 6.45) is 1.57. The van der Waals surface area contributed by atoms with Crippen molar-refractivity contribution >= 4 is 11.6 Å². The van der Waals surface area contributed by atoms with E-state index in [1.165, 1.54) is 6.07 Å². The first-order valence-corrected chi connectivity index (χ1v) is 7.91. The van der Waals surface area contributed by atoms with Gasteiger partial charge in [-0.25, -0.2) is 4.39 Å². The molecular formula is C19H21FN2O. The number of benzene rings is 2. The number of amides is 1. The standard InChI is InChI=1S/C19H21FN2O/c1-11-6-8-13(21)10-16(11)19(23)22-18-12(2)7-9-14-15(18)4-3-5-17(14)20/h3-6,8,10,12,18H,7,9,21H2,1-2H3,(H,22,23). The lowest BCUT2D eigenvalue weighted by molar-refractivity contribution is 0.0918. The molecule has 3 nitrogen and oxygen atoms in total. The SMILES string of the molecule is Cc1ccc(N)cc1C(=O)NC1c2cccc(F)c2CCC1C. The number of carbonyl (C=O) groups is 1. The van der Waals surface area contributed by atoms with Crippen LogP contribution in [0.15, 0.2) is 36.4 Å². The maximum absolute atomic E-state index is 14.0. The van der Waals surface area contributed by atoms with E-state index < -0.39 is 0 Å². The zero-order valence-corrected chi connectivity index (χ0v) is 13.4. The number of nitrogens with one attached hydrogen (secondary N) is 1. The molecule has 2 atom stereocenters. The van der Waals surface area contributed by atoms with Gasteiger partial charge in [0.15, 0.2) is 0 Å². The fourth-order valence-electron chi connectivity index (χ4n) is 3.30. The number of anilines is 1. The molecule has 2 aromatic carbocycles. The van der Waals surface area contributed by atoms with Gasteiger partial charge in [-0.3, -0.25) is 4.79 Å². The molecule has 0 aliphatic heterocycles. The minimum Gasteiger partial charge on any atom is -0.399 e. The van der Waals surface area contributed by atoms with Crippen LogP contribution in [0.25, 0.3) is 0 Å². The summed E-state index contributed by atoms with van der Waals surface area (Å²) >= 11 is 0. The Hall–Kier alpha value is -2.36. The lowest BCUT2D eigenvalue weighted by Gasteiger charge is -2.32. The van der Waals surface area contributed by atoms with Crippen LogP contribution in [0.5, 0.6) is 0 Å². The van der Waals surface area contributed by atoms with E-state index in [1.54, 1.807) is 18.2 Å². The van der Waals surface area contributed by atoms with Crippen molar-refractivity contribution in [1.82, 2.24) is 5.32 Å². The summed E-state index contributed by atoms with van der Waals surface area (Å²) in [4.78, 5) is 12.7. The summed E-state index contributed by atoms with van der Waals surface area (Å²) in [5.41, 5.74) is 9.41. The Bertz CT molecular complexity index is 757. The zero-order chi connectivity index (χ0) is 16.6. The van der Waals surface area contributed by atoms with Crippen molar-refractivity contribution in [2.45, 2.75) is 32.7 Å². The van der Waals surface area contributed by atoms with Gasteiger partial charge in [0.25, 0.3) is 5.91 Å². The summed E-state index contributed by atoms with van der Waals surface area (Å²) < 4.78 is 14.0. The maximum atomic E-state index is 14.0. The second kappa shape index (κ2) is 6.03. The van der Waals surface area contributed by atoms with Crippen LogP contribution in [0.1, 0.15) is 46.4 Å². The van der Waals surface area contributed by atoms with Crippen molar-refractivity contribution in [3.63, 3.8) is 0 Å². The minimum absolute atomic E-state index is 0.163. The fourth-order valence-corrected chi connectivity index (χ4v) is 3.30. The molecule has 0 fully saturated rings. The first-order valence-electron chi connectivity index (χ1n) is 7.91. The average molecular weight is 312 g/mol. The molecule has 1 amide bonds. The maximum Gasteiger partial charge on any atom is 0.252 e. The predicted octanol–water partition coefficient (Wildman–Crippen LogP) is 3.77. The topological polar surface area (TPSA) is 55.1 Å². The van der Waals surface area contributed by atoms with Crippen LogP contribution in [0.3, 0.4) is 0 Å². The lowest BCUT2D eigenvalue weighted by atomic mass is 9.80. The predicted molar refractivity (Wildman–Crippen MR) is 89.7 cm³/mol. The van der Waals surface area contributed by atoms with Crippen molar-refractivity contribution in [2.75, 3.05) is 5.73 Å². The molecule has 2 aromatic rings. The van der Waals surface area contributed by atoms with Crippen molar-refractivity contribution in [2.24, 2.45) is 5.92 Å². The third kappa shape index (κ3) is 2.93. The van der Waals surface area contributed by atoms with Gasteiger partial charge in [0, 0.05) is 11.3 Å². The van der Waals surface area contributed by atoms with E-state index >= 15 is 0 Å². The van der Waals surface area contributed by atoms with E-state index in [2.05, 4.69) is 12.2 Å². The number of carbonyl (C=O) groups excluding carboxylic acids is 1. The van der Waals surface area contributed by atoms with Crippen LogP contribution < -0.4 is 11.1 Å². The molecule has 3 N–H and O–H groups in total. The van der Waals surface area contributed by atoms with Crippen LogP contribution >= 0.6 is 0 Å². The fraction of sp³-hybridized carbons (Fsp3) is 0.316. The molecule has 0 heterocycles. The number of fused-ring (bicyclic) bond motifs is 1. The van der Waals surface area contributed by atoms with Crippen LogP contribution in [0.4, 0.5) is 10.1 Å². The van der Waals surface area contributed by atoms with E-state index in [4.69, 9.17) is 5.73 Å². The highest BCUT2D eigenvalue weighted by molar-refractivity contribution is 5.96. The van der Waals surface area contributed by atoms with Gasteiger partial charge in [-0.1, -0.05) is 25.1 Å². The summed E-state index contributed by atoms with van der Waals surface area (Å²) in [7, 11) is 0. The first-order chi connectivity index (χ1) is 11.0. The summed E-state index contributed by atoms with van der Waals surface area (Å²) in [5, 5.41) is 3.08. The highest BCUT2D eigenvalue weighted by Crippen LogP contribution is 2.35. The van der Waals surface area contributed by atoms with Crippen LogP contribution in [-0.2, 0) is 6.42 Å². The number of rotatable bonds is 2. The molecule has 1 aliphatic rings. The molecule has 0 saturated heterocycles. The second-order valence-electron chi connectivity index (χ2n) is 6.35. The van der Waals surface area contributed by atoms with Gasteiger partial charge < -0.3 is 11.1 Å². The molecule has 0 saturated carbocycles. The highest BCUT2D eigenvalue weighted by Gasteiger charge is 2.29. The number of nitrogens with two attached hydrogens (primary N) is 1. The molecule has 4 heteroatoms. The van der Waals surface area contributed by atoms with E-state index in [0.717, 1.165) is 23.1 Å². The van der Waals surface area contributed by atoms with Crippen LogP contribution in [-0.4, -0.2) is 5.91 Å². The van der Waals surface area contributed by atoms with Crippen molar-refractivity contribution in [3.05, 3.63) is 64.5 Å². The second-order valence-corrected chi connectivity index (χ2v) is 6.35. The third-order valence-corrected chi connectivity index (χ3v) is 4.70. The van der Waals surface area contributed by atoms with E-state index in [1.807, 2.05) is 19.1 Å². The monoisotopic (exact) mass is 312 g/mol. The van der Waals surface area contributed by atoms with Crippen molar-refractivity contribution < 1.29 is 9.18 Å². The van der Waals surface area contributed by atoms with Crippen LogP contribution in [0, 0.1) is 18.7 Å². The van der Waals surface area contributed by atoms with Gasteiger partial charge in [0.1, 0.15) is 5.82 Å². The normalized spacial score (nSPS) is 20.0. The molecule has 120 valence electrons. The zero-order valence-electron chi connectivity index (χ0n) is 13.4. The molecule has 3 rings (SSSR count). The smallest absolute Gasteiger partial charge is 0.252 e. The Labute approximate surface area is 135 Å². The van der Waals surface area contributed by atoms with Gasteiger partial charge in [-0.15, -0.1) is 0 Å². The van der Waals surface area contributed by atoms with Crippen LogP contribution in [0.2, 0.25) is 0 Å². The molecule has 0 aromatic heterocycles. The van der Waals surface area contributed by atoms with Crippen molar-refractivity contribution in [3.8, 4) is 0 Å². The summed E-state index contributed by atoms with van der Waals surface area (Å²) in [6.45, 7) is 3.97.